The van der Waals surface area contributed by atoms with Crippen molar-refractivity contribution in [2.45, 2.75) is 19.8 Å². The molecule has 0 aliphatic carbocycles. The molecule has 1 heterocycles. The molecule has 0 fully saturated rings. The summed E-state index contributed by atoms with van der Waals surface area (Å²) in [6.45, 7) is 2.45. The van der Waals surface area contributed by atoms with Crippen LogP contribution in [0.3, 0.4) is 0 Å². The van der Waals surface area contributed by atoms with Gasteiger partial charge in [-0.15, -0.1) is 0 Å². The molecule has 1 aliphatic heterocycles. The Hall–Kier alpha value is -4.20. The van der Waals surface area contributed by atoms with E-state index in [2.05, 4.69) is 10.6 Å². The van der Waals surface area contributed by atoms with Crippen LogP contribution in [-0.4, -0.2) is 48.2 Å². The fourth-order valence-corrected chi connectivity index (χ4v) is 3.94. The molecule has 0 saturated heterocycles. The minimum atomic E-state index is -0.335. The zero-order valence-electron chi connectivity index (χ0n) is 18.8. The molecule has 0 aromatic heterocycles. The molecule has 8 heteroatoms. The molecule has 2 N–H and O–H groups in total. The van der Waals surface area contributed by atoms with E-state index in [0.29, 0.717) is 40.9 Å². The first-order chi connectivity index (χ1) is 16.5. The van der Waals surface area contributed by atoms with Gasteiger partial charge in [-0.2, -0.15) is 0 Å². The normalized spacial score (nSPS) is 12.6. The van der Waals surface area contributed by atoms with Gasteiger partial charge in [0.2, 0.25) is 5.91 Å². The Balaban J connectivity index is 1.29. The molecule has 1 aliphatic rings. The number of carbonyl (C=O) groups excluding carboxylic acids is 4. The lowest BCUT2D eigenvalue weighted by Crippen LogP contribution is -2.41. The summed E-state index contributed by atoms with van der Waals surface area (Å²) < 4.78 is 5.38. The second kappa shape index (κ2) is 10.2. The number of nitrogens with one attached hydrogen (secondary N) is 2. The standard InChI is InChI=1S/C26H25N3O5/c1-2-27-23(31)16-34-19-13-11-18(12-14-19)28-22(30)10-5-15-29-25(32)20-8-3-6-17-7-4-9-21(24(17)20)26(29)33/h3-4,6-9,11-14H,2,5,10,15-16H2,1H3,(H,27,31)(H,28,30). The van der Waals surface area contributed by atoms with Crippen LogP contribution in [0, 0.1) is 0 Å². The van der Waals surface area contributed by atoms with Crippen molar-refractivity contribution in [1.29, 1.82) is 0 Å². The van der Waals surface area contributed by atoms with Gasteiger partial charge in [0.1, 0.15) is 5.75 Å². The highest BCUT2D eigenvalue weighted by atomic mass is 16.5. The van der Waals surface area contributed by atoms with Gasteiger partial charge in [-0.05, 0) is 55.1 Å². The van der Waals surface area contributed by atoms with Gasteiger partial charge >= 0.3 is 0 Å². The van der Waals surface area contributed by atoms with Crippen molar-refractivity contribution in [2.24, 2.45) is 0 Å². The fourth-order valence-electron chi connectivity index (χ4n) is 3.94. The molecular formula is C26H25N3O5. The minimum absolute atomic E-state index is 0.0769. The van der Waals surface area contributed by atoms with E-state index in [4.69, 9.17) is 4.74 Å². The summed E-state index contributed by atoms with van der Waals surface area (Å²) in [6.07, 6.45) is 0.494. The van der Waals surface area contributed by atoms with E-state index in [1.165, 1.54) is 4.90 Å². The number of likely N-dealkylation sites (N-methyl/N-ethyl adjacent to an activating group) is 1. The van der Waals surface area contributed by atoms with Crippen molar-refractivity contribution < 1.29 is 23.9 Å². The number of nitrogens with zero attached hydrogens (tertiary/aromatic N) is 1. The first kappa shape index (κ1) is 23.0. The Morgan fingerprint density at radius 2 is 1.53 bits per heavy atom. The molecule has 34 heavy (non-hydrogen) atoms. The fraction of sp³-hybridized carbons (Fsp3) is 0.231. The van der Waals surface area contributed by atoms with Gasteiger partial charge in [-0.25, -0.2) is 0 Å². The smallest absolute Gasteiger partial charge is 0.261 e. The van der Waals surface area contributed by atoms with Crippen molar-refractivity contribution in [3.63, 3.8) is 0 Å². The largest absolute Gasteiger partial charge is 0.484 e. The van der Waals surface area contributed by atoms with E-state index in [1.54, 1.807) is 48.5 Å². The second-order valence-corrected chi connectivity index (χ2v) is 7.89. The quantitative estimate of drug-likeness (QED) is 0.478. The van der Waals surface area contributed by atoms with E-state index in [9.17, 15) is 19.2 Å². The predicted molar refractivity (Wildman–Crippen MR) is 128 cm³/mol. The molecule has 0 bridgehead atoms. The lowest BCUT2D eigenvalue weighted by atomic mass is 9.94. The molecule has 0 atom stereocenters. The molecule has 3 aromatic carbocycles. The Kier molecular flexibility index (Phi) is 6.87. The summed E-state index contributed by atoms with van der Waals surface area (Å²) in [5.41, 5.74) is 1.60. The highest BCUT2D eigenvalue weighted by molar-refractivity contribution is 6.25. The van der Waals surface area contributed by atoms with E-state index in [0.717, 1.165) is 5.39 Å². The maximum Gasteiger partial charge on any atom is 0.261 e. The third-order valence-corrected chi connectivity index (χ3v) is 5.52. The number of amides is 4. The third-order valence-electron chi connectivity index (χ3n) is 5.52. The number of benzene rings is 3. The van der Waals surface area contributed by atoms with Crippen LogP contribution < -0.4 is 15.4 Å². The average Bonchev–Trinajstić information content (AvgIpc) is 2.84. The van der Waals surface area contributed by atoms with Crippen LogP contribution in [0.2, 0.25) is 0 Å². The van der Waals surface area contributed by atoms with Crippen LogP contribution in [0.1, 0.15) is 40.5 Å². The summed E-state index contributed by atoms with van der Waals surface area (Å²) in [6, 6.07) is 17.5. The molecule has 0 spiro atoms. The van der Waals surface area contributed by atoms with Gasteiger partial charge in [-0.3, -0.25) is 24.1 Å². The number of rotatable bonds is 9. The van der Waals surface area contributed by atoms with E-state index < -0.39 is 0 Å². The Labute approximate surface area is 196 Å². The van der Waals surface area contributed by atoms with Crippen LogP contribution in [0.25, 0.3) is 10.8 Å². The van der Waals surface area contributed by atoms with Gasteiger partial charge in [0.15, 0.2) is 6.61 Å². The van der Waals surface area contributed by atoms with Crippen molar-refractivity contribution in [3.8, 4) is 5.75 Å². The summed E-state index contributed by atoms with van der Waals surface area (Å²) >= 11 is 0. The Bertz CT molecular complexity index is 1200. The third kappa shape index (κ3) is 4.91. The molecule has 0 saturated carbocycles. The summed E-state index contributed by atoms with van der Waals surface area (Å²) in [5.74, 6) is -0.585. The molecule has 8 nitrogen and oxygen atoms in total. The molecule has 4 amide bonds. The SMILES string of the molecule is CCNC(=O)COc1ccc(NC(=O)CCCN2C(=O)c3cccc4cccc(c34)C2=O)cc1. The number of hydrogen-bond donors (Lipinski definition) is 2. The monoisotopic (exact) mass is 459 g/mol. The van der Waals surface area contributed by atoms with Crippen molar-refractivity contribution >= 4 is 40.1 Å². The first-order valence-electron chi connectivity index (χ1n) is 11.1. The molecule has 3 aromatic rings. The maximum absolute atomic E-state index is 12.9. The lowest BCUT2D eigenvalue weighted by Gasteiger charge is -2.27. The molecular weight excluding hydrogens is 434 g/mol. The van der Waals surface area contributed by atoms with Crippen LogP contribution >= 0.6 is 0 Å². The molecule has 174 valence electrons. The molecule has 0 unspecified atom stereocenters. The highest BCUT2D eigenvalue weighted by Crippen LogP contribution is 2.30. The predicted octanol–water partition coefficient (Wildman–Crippen LogP) is 3.37. The Morgan fingerprint density at radius 3 is 2.15 bits per heavy atom. The average molecular weight is 460 g/mol. The zero-order chi connectivity index (χ0) is 24.1. The second-order valence-electron chi connectivity index (χ2n) is 7.89. The number of ether oxygens (including phenoxy) is 1. The van der Waals surface area contributed by atoms with E-state index in [-0.39, 0.29) is 43.2 Å². The number of carbonyl (C=O) groups is 4. The maximum atomic E-state index is 12.9. The van der Waals surface area contributed by atoms with Gasteiger partial charge < -0.3 is 15.4 Å². The number of hydrogen-bond acceptors (Lipinski definition) is 5. The highest BCUT2D eigenvalue weighted by Gasteiger charge is 2.32. The summed E-state index contributed by atoms with van der Waals surface area (Å²) in [5, 5.41) is 6.97. The van der Waals surface area contributed by atoms with Gasteiger partial charge in [-0.1, -0.05) is 24.3 Å². The topological polar surface area (TPSA) is 105 Å². The zero-order valence-corrected chi connectivity index (χ0v) is 18.8. The van der Waals surface area contributed by atoms with Crippen LogP contribution in [0.4, 0.5) is 5.69 Å². The first-order valence-corrected chi connectivity index (χ1v) is 11.1. The Morgan fingerprint density at radius 1 is 0.882 bits per heavy atom. The summed E-state index contributed by atoms with van der Waals surface area (Å²) in [4.78, 5) is 50.8. The number of anilines is 1. The van der Waals surface area contributed by atoms with Crippen LogP contribution in [0.5, 0.6) is 5.75 Å². The lowest BCUT2D eigenvalue weighted by molar-refractivity contribution is -0.123. The van der Waals surface area contributed by atoms with Crippen LogP contribution in [0.15, 0.2) is 60.7 Å². The van der Waals surface area contributed by atoms with Crippen molar-refractivity contribution in [2.75, 3.05) is 25.0 Å². The molecule has 4 rings (SSSR count). The molecule has 0 radical (unpaired) electrons. The van der Waals surface area contributed by atoms with Crippen molar-refractivity contribution in [3.05, 3.63) is 71.8 Å². The summed E-state index contributed by atoms with van der Waals surface area (Å²) in [7, 11) is 0. The number of imide groups is 1. The van der Waals surface area contributed by atoms with Gasteiger partial charge in [0, 0.05) is 41.7 Å². The van der Waals surface area contributed by atoms with Gasteiger partial charge in [0.05, 0.1) is 0 Å². The van der Waals surface area contributed by atoms with Gasteiger partial charge in [0.25, 0.3) is 17.7 Å². The van der Waals surface area contributed by atoms with Crippen molar-refractivity contribution in [1.82, 2.24) is 10.2 Å². The van der Waals surface area contributed by atoms with E-state index in [1.807, 2.05) is 19.1 Å². The van der Waals surface area contributed by atoms with Crippen LogP contribution in [-0.2, 0) is 9.59 Å². The van der Waals surface area contributed by atoms with E-state index >= 15 is 0 Å². The minimum Gasteiger partial charge on any atom is -0.484 e.